The van der Waals surface area contributed by atoms with Crippen LogP contribution in [0, 0.1) is 0 Å². The maximum absolute atomic E-state index is 11.9. The molecule has 2 heterocycles. The summed E-state index contributed by atoms with van der Waals surface area (Å²) in [6, 6.07) is 7.52. The number of hydrogen-bond acceptors (Lipinski definition) is 8. The molecule has 0 unspecified atom stereocenters. The van der Waals surface area contributed by atoms with Crippen molar-refractivity contribution in [1.29, 1.82) is 0 Å². The fourth-order valence-corrected chi connectivity index (χ4v) is 5.64. The first kappa shape index (κ1) is 39.2. The van der Waals surface area contributed by atoms with E-state index in [-0.39, 0.29) is 105 Å². The first-order chi connectivity index (χ1) is 23.7. The van der Waals surface area contributed by atoms with Crippen LogP contribution in [0.4, 0.5) is 28.8 Å². The second-order valence-electron chi connectivity index (χ2n) is 12.0. The normalized spacial score (nSPS) is 18.6. The number of hydrogen-bond donors (Lipinski definition) is 6. The molecular weight excluding hydrogens is 664 g/mol. The Labute approximate surface area is 288 Å². The zero-order valence-electron chi connectivity index (χ0n) is 27.7. The fourth-order valence-electron chi connectivity index (χ4n) is 5.64. The van der Waals surface area contributed by atoms with Crippen molar-refractivity contribution in [2.45, 2.75) is 13.1 Å². The van der Waals surface area contributed by atoms with E-state index >= 15 is 0 Å². The third-order valence-electron chi connectivity index (χ3n) is 8.76. The molecule has 0 radical (unpaired) electrons. The molecule has 1 aromatic carbocycles. The van der Waals surface area contributed by atoms with Gasteiger partial charge in [-0.2, -0.15) is 0 Å². The zero-order valence-corrected chi connectivity index (χ0v) is 27.7. The van der Waals surface area contributed by atoms with E-state index in [0.29, 0.717) is 13.1 Å². The van der Waals surface area contributed by atoms with Crippen molar-refractivity contribution in [2.24, 2.45) is 0 Å². The van der Waals surface area contributed by atoms with Crippen molar-refractivity contribution in [3.05, 3.63) is 35.4 Å². The Morgan fingerprint density at radius 1 is 0.340 bits per heavy atom. The topological polar surface area (TPSA) is 250 Å². The van der Waals surface area contributed by atoms with E-state index in [1.54, 1.807) is 0 Å². The quantitative estimate of drug-likeness (QED) is 0.257. The van der Waals surface area contributed by atoms with E-state index in [9.17, 15) is 59.4 Å². The lowest BCUT2D eigenvalue weighted by molar-refractivity contribution is 0.0972. The van der Waals surface area contributed by atoms with Gasteiger partial charge in [0.2, 0.25) is 0 Å². The Morgan fingerprint density at radius 3 is 0.660 bits per heavy atom. The van der Waals surface area contributed by atoms with Gasteiger partial charge >= 0.3 is 36.6 Å². The summed E-state index contributed by atoms with van der Waals surface area (Å²) in [5, 5.41) is 57.7. The lowest BCUT2D eigenvalue weighted by atomic mass is 10.1. The molecule has 2 fully saturated rings. The van der Waals surface area contributed by atoms with Crippen LogP contribution in [-0.4, -0.2) is 211 Å². The molecule has 2 aliphatic heterocycles. The Kier molecular flexibility index (Phi) is 15.0. The standard InChI is InChI=1S/C30H46N8O12/c39-25(40)33-9-5-31(6-10-34(26(41)42)14-18-37(17-13-33)29(47)48)21-23-1-2-24(4-3-23)22-32-7-11-35(27(43)44)15-19-38(30(49)50)20-16-36(12-8-32)28(45)46/h1-4H,5-22H2,(H,39,40)(H,41,42)(H,43,44)(H,45,46)(H,47,48)(H,49,50). The predicted molar refractivity (Wildman–Crippen MR) is 175 cm³/mol. The molecule has 2 saturated heterocycles. The molecule has 50 heavy (non-hydrogen) atoms. The molecule has 6 amide bonds. The molecule has 2 aliphatic rings. The van der Waals surface area contributed by atoms with E-state index < -0.39 is 36.6 Å². The zero-order chi connectivity index (χ0) is 36.8. The molecule has 0 aromatic heterocycles. The van der Waals surface area contributed by atoms with Crippen LogP contribution in [0.3, 0.4) is 0 Å². The van der Waals surface area contributed by atoms with Gasteiger partial charge in [-0.05, 0) is 11.1 Å². The molecule has 0 bridgehead atoms. The molecule has 278 valence electrons. The minimum Gasteiger partial charge on any atom is -0.465 e. The highest BCUT2D eigenvalue weighted by Crippen LogP contribution is 2.13. The average molecular weight is 711 g/mol. The minimum atomic E-state index is -1.26. The highest BCUT2D eigenvalue weighted by atomic mass is 16.4. The van der Waals surface area contributed by atoms with Crippen molar-refractivity contribution < 1.29 is 59.4 Å². The Balaban J connectivity index is 1.71. The monoisotopic (exact) mass is 710 g/mol. The molecular formula is C30H46N8O12. The summed E-state index contributed by atoms with van der Waals surface area (Å²) in [7, 11) is 0. The van der Waals surface area contributed by atoms with Crippen molar-refractivity contribution in [3.8, 4) is 0 Å². The molecule has 20 heteroatoms. The maximum Gasteiger partial charge on any atom is 0.407 e. The van der Waals surface area contributed by atoms with Crippen LogP contribution in [0.1, 0.15) is 11.1 Å². The van der Waals surface area contributed by atoms with Gasteiger partial charge in [-0.3, -0.25) is 9.80 Å². The van der Waals surface area contributed by atoms with Crippen molar-refractivity contribution in [2.75, 3.05) is 105 Å². The summed E-state index contributed by atoms with van der Waals surface area (Å²) in [5.41, 5.74) is 1.74. The molecule has 1 aromatic rings. The van der Waals surface area contributed by atoms with Gasteiger partial charge in [0, 0.05) is 118 Å². The van der Waals surface area contributed by atoms with E-state index in [0.717, 1.165) is 40.5 Å². The van der Waals surface area contributed by atoms with E-state index in [1.807, 2.05) is 34.1 Å². The average Bonchev–Trinajstić information content (AvgIpc) is 3.03. The molecule has 0 aliphatic carbocycles. The van der Waals surface area contributed by atoms with Crippen LogP contribution in [0.2, 0.25) is 0 Å². The Morgan fingerprint density at radius 2 is 0.500 bits per heavy atom. The number of rotatable bonds is 4. The summed E-state index contributed by atoms with van der Waals surface area (Å²) in [4.78, 5) is 81.1. The molecule has 0 saturated carbocycles. The number of carboxylic acid groups (broad SMARTS) is 6. The SMILES string of the molecule is O=C(O)N1CCN(Cc2ccc(CN3CCN(C(=O)O)CCN(C(=O)O)CCN(C(=O)O)CC3)cc2)CCN(C(=O)O)CCN(C(=O)O)CC1. The summed E-state index contributed by atoms with van der Waals surface area (Å²) >= 11 is 0. The van der Waals surface area contributed by atoms with Gasteiger partial charge in [-0.15, -0.1) is 0 Å². The smallest absolute Gasteiger partial charge is 0.407 e. The molecule has 20 nitrogen and oxygen atoms in total. The van der Waals surface area contributed by atoms with Gasteiger partial charge in [-0.25, -0.2) is 28.8 Å². The number of benzene rings is 1. The Bertz CT molecular complexity index is 1180. The van der Waals surface area contributed by atoms with Crippen molar-refractivity contribution in [3.63, 3.8) is 0 Å². The third-order valence-corrected chi connectivity index (χ3v) is 8.76. The summed E-state index contributed by atoms with van der Waals surface area (Å²) in [6.07, 6.45) is -7.28. The van der Waals surface area contributed by atoms with Gasteiger partial charge in [0.05, 0.1) is 0 Å². The highest BCUT2D eigenvalue weighted by Gasteiger charge is 2.24. The minimum absolute atomic E-state index is 0.0665. The maximum atomic E-state index is 11.9. The summed E-state index contributed by atoms with van der Waals surface area (Å²) in [6.45, 7) is 1.50. The lowest BCUT2D eigenvalue weighted by Crippen LogP contribution is -2.48. The first-order valence-corrected chi connectivity index (χ1v) is 16.1. The van der Waals surface area contributed by atoms with Crippen LogP contribution in [0.5, 0.6) is 0 Å². The number of amides is 6. The van der Waals surface area contributed by atoms with Gasteiger partial charge in [0.15, 0.2) is 0 Å². The van der Waals surface area contributed by atoms with Crippen LogP contribution in [0.15, 0.2) is 24.3 Å². The second kappa shape index (κ2) is 19.1. The molecule has 6 N–H and O–H groups in total. The van der Waals surface area contributed by atoms with E-state index in [2.05, 4.69) is 0 Å². The van der Waals surface area contributed by atoms with E-state index in [4.69, 9.17) is 0 Å². The number of nitrogens with zero attached hydrogens (tertiary/aromatic N) is 8. The highest BCUT2D eigenvalue weighted by molar-refractivity contribution is 5.68. The molecule has 0 spiro atoms. The van der Waals surface area contributed by atoms with Gasteiger partial charge in [0.25, 0.3) is 0 Å². The third kappa shape index (κ3) is 12.7. The largest absolute Gasteiger partial charge is 0.465 e. The van der Waals surface area contributed by atoms with Crippen LogP contribution >= 0.6 is 0 Å². The van der Waals surface area contributed by atoms with Crippen molar-refractivity contribution in [1.82, 2.24) is 39.2 Å². The Hall–Kier alpha value is -5.24. The first-order valence-electron chi connectivity index (χ1n) is 16.1. The van der Waals surface area contributed by atoms with E-state index in [1.165, 1.54) is 0 Å². The fraction of sp³-hybridized carbons (Fsp3) is 0.600. The van der Waals surface area contributed by atoms with Crippen LogP contribution in [-0.2, 0) is 13.1 Å². The molecule has 3 rings (SSSR count). The van der Waals surface area contributed by atoms with Crippen LogP contribution < -0.4 is 0 Å². The lowest BCUT2D eigenvalue weighted by Gasteiger charge is -2.32. The summed E-state index contributed by atoms with van der Waals surface area (Å²) in [5.74, 6) is 0. The van der Waals surface area contributed by atoms with Gasteiger partial charge in [-0.1, -0.05) is 24.3 Å². The predicted octanol–water partition coefficient (Wildman–Crippen LogP) is 1.20. The summed E-state index contributed by atoms with van der Waals surface area (Å²) < 4.78 is 0. The van der Waals surface area contributed by atoms with Gasteiger partial charge < -0.3 is 60.0 Å². The number of carbonyl (C=O) groups is 6. The van der Waals surface area contributed by atoms with Crippen LogP contribution in [0.25, 0.3) is 0 Å². The molecule has 0 atom stereocenters. The van der Waals surface area contributed by atoms with Gasteiger partial charge in [0.1, 0.15) is 0 Å². The second-order valence-corrected chi connectivity index (χ2v) is 12.0. The van der Waals surface area contributed by atoms with Crippen molar-refractivity contribution >= 4 is 36.6 Å².